The lowest BCUT2D eigenvalue weighted by atomic mass is 10.1. The summed E-state index contributed by atoms with van der Waals surface area (Å²) < 4.78 is 16.4. The minimum Gasteiger partial charge on any atom is -0.490 e. The Balaban J connectivity index is 3.28. The second kappa shape index (κ2) is 6.83. The summed E-state index contributed by atoms with van der Waals surface area (Å²) in [5.74, 6) is 1.29. The number of hydrogen-bond acceptors (Lipinski definition) is 4. The van der Waals surface area contributed by atoms with Gasteiger partial charge in [-0.05, 0) is 39.3 Å². The first-order valence-electron chi connectivity index (χ1n) is 6.29. The van der Waals surface area contributed by atoms with Crippen LogP contribution in [0.2, 0.25) is 0 Å². The summed E-state index contributed by atoms with van der Waals surface area (Å²) in [5.41, 5.74) is 1.61. The Morgan fingerprint density at radius 3 is 2.32 bits per heavy atom. The van der Waals surface area contributed by atoms with Gasteiger partial charge in [-0.1, -0.05) is 6.58 Å². The molecule has 4 heteroatoms. The molecule has 1 aromatic carbocycles. The van der Waals surface area contributed by atoms with Crippen molar-refractivity contribution in [2.75, 3.05) is 13.2 Å². The summed E-state index contributed by atoms with van der Waals surface area (Å²) in [6, 6.07) is 1.77. The average molecular weight is 264 g/mol. The van der Waals surface area contributed by atoms with Crippen molar-refractivity contribution in [3.05, 3.63) is 29.8 Å². The molecule has 0 amide bonds. The maximum absolute atomic E-state index is 11.3. The lowest BCUT2D eigenvalue weighted by molar-refractivity contribution is -0.129. The third-order valence-electron chi connectivity index (χ3n) is 2.58. The molecule has 0 aliphatic carbocycles. The molecule has 4 nitrogen and oxygen atoms in total. The van der Waals surface area contributed by atoms with Crippen LogP contribution < -0.4 is 14.2 Å². The molecule has 0 N–H and O–H groups in total. The monoisotopic (exact) mass is 264 g/mol. The molecule has 0 saturated heterocycles. The maximum atomic E-state index is 11.3. The molecule has 0 aromatic heterocycles. The molecule has 0 spiro atoms. The standard InChI is InChI=1S/C15H20O4/c1-6-13(16)19-12-9-10(4)14(17-7-2)15(11(12)5)18-8-3/h6,9H,1,7-8H2,2-5H3. The molecule has 0 bridgehead atoms. The zero-order chi connectivity index (χ0) is 14.4. The van der Waals surface area contributed by atoms with Crippen LogP contribution in [0, 0.1) is 13.8 Å². The van der Waals surface area contributed by atoms with E-state index in [0.29, 0.717) is 30.5 Å². The Kier molecular flexibility index (Phi) is 5.42. The summed E-state index contributed by atoms with van der Waals surface area (Å²) in [4.78, 5) is 11.3. The number of esters is 1. The van der Waals surface area contributed by atoms with E-state index >= 15 is 0 Å². The molecular weight excluding hydrogens is 244 g/mol. The van der Waals surface area contributed by atoms with Crippen molar-refractivity contribution in [1.29, 1.82) is 0 Å². The highest BCUT2D eigenvalue weighted by atomic mass is 16.5. The van der Waals surface area contributed by atoms with Crippen molar-refractivity contribution in [3.63, 3.8) is 0 Å². The second-order valence-electron chi connectivity index (χ2n) is 3.97. The first-order valence-corrected chi connectivity index (χ1v) is 6.29. The van der Waals surface area contributed by atoms with E-state index in [1.807, 2.05) is 27.7 Å². The lowest BCUT2D eigenvalue weighted by Crippen LogP contribution is -2.08. The highest BCUT2D eigenvalue weighted by molar-refractivity contribution is 5.84. The largest absolute Gasteiger partial charge is 0.490 e. The van der Waals surface area contributed by atoms with Gasteiger partial charge in [0.05, 0.1) is 13.2 Å². The molecule has 0 saturated carbocycles. The molecule has 0 fully saturated rings. The molecule has 104 valence electrons. The van der Waals surface area contributed by atoms with Crippen molar-refractivity contribution in [1.82, 2.24) is 0 Å². The minimum absolute atomic E-state index is 0.467. The third kappa shape index (κ3) is 3.50. The van der Waals surface area contributed by atoms with Gasteiger partial charge in [0.1, 0.15) is 5.75 Å². The van der Waals surface area contributed by atoms with Crippen LogP contribution in [-0.4, -0.2) is 19.2 Å². The molecule has 0 unspecified atom stereocenters. The number of carbonyl (C=O) groups is 1. The number of hydrogen-bond donors (Lipinski definition) is 0. The van der Waals surface area contributed by atoms with Crippen LogP contribution in [-0.2, 0) is 4.79 Å². The fourth-order valence-electron chi connectivity index (χ4n) is 1.73. The van der Waals surface area contributed by atoms with Gasteiger partial charge in [0.2, 0.25) is 0 Å². The van der Waals surface area contributed by atoms with E-state index in [-0.39, 0.29) is 0 Å². The van der Waals surface area contributed by atoms with E-state index in [1.54, 1.807) is 6.07 Å². The van der Waals surface area contributed by atoms with Crippen LogP contribution >= 0.6 is 0 Å². The van der Waals surface area contributed by atoms with Crippen LogP contribution in [0.3, 0.4) is 0 Å². The van der Waals surface area contributed by atoms with E-state index in [0.717, 1.165) is 17.2 Å². The van der Waals surface area contributed by atoms with E-state index < -0.39 is 5.97 Å². The predicted octanol–water partition coefficient (Wildman–Crippen LogP) is 3.19. The average Bonchev–Trinajstić information content (AvgIpc) is 2.39. The van der Waals surface area contributed by atoms with Crippen molar-refractivity contribution in [3.8, 4) is 17.2 Å². The summed E-state index contributed by atoms with van der Waals surface area (Å²) in [7, 11) is 0. The van der Waals surface area contributed by atoms with Crippen LogP contribution in [0.1, 0.15) is 25.0 Å². The highest BCUT2D eigenvalue weighted by Crippen LogP contribution is 2.40. The van der Waals surface area contributed by atoms with Crippen molar-refractivity contribution in [2.24, 2.45) is 0 Å². The highest BCUT2D eigenvalue weighted by Gasteiger charge is 2.17. The quantitative estimate of drug-likeness (QED) is 0.449. The Morgan fingerprint density at radius 2 is 1.79 bits per heavy atom. The van der Waals surface area contributed by atoms with Gasteiger partial charge in [-0.3, -0.25) is 0 Å². The predicted molar refractivity (Wildman–Crippen MR) is 74.1 cm³/mol. The first-order chi connectivity index (χ1) is 9.04. The number of ether oxygens (including phenoxy) is 3. The first kappa shape index (κ1) is 15.1. The molecule has 0 radical (unpaired) electrons. The Labute approximate surface area is 114 Å². The van der Waals surface area contributed by atoms with Crippen molar-refractivity contribution < 1.29 is 19.0 Å². The zero-order valence-corrected chi connectivity index (χ0v) is 11.9. The third-order valence-corrected chi connectivity index (χ3v) is 2.58. The molecule has 0 atom stereocenters. The number of aryl methyl sites for hydroxylation is 1. The molecule has 1 aromatic rings. The molecular formula is C15H20O4. The summed E-state index contributed by atoms with van der Waals surface area (Å²) in [5, 5.41) is 0. The maximum Gasteiger partial charge on any atom is 0.335 e. The second-order valence-corrected chi connectivity index (χ2v) is 3.97. The molecule has 0 heterocycles. The van der Waals surface area contributed by atoms with Gasteiger partial charge >= 0.3 is 5.97 Å². The molecule has 0 aliphatic rings. The smallest absolute Gasteiger partial charge is 0.335 e. The van der Waals surface area contributed by atoms with E-state index in [1.165, 1.54) is 0 Å². The van der Waals surface area contributed by atoms with Crippen LogP contribution in [0.15, 0.2) is 18.7 Å². The number of carbonyl (C=O) groups excluding carboxylic acids is 1. The summed E-state index contributed by atoms with van der Waals surface area (Å²) >= 11 is 0. The lowest BCUT2D eigenvalue weighted by Gasteiger charge is -2.18. The van der Waals surface area contributed by atoms with Gasteiger partial charge in [-0.15, -0.1) is 0 Å². The fourth-order valence-corrected chi connectivity index (χ4v) is 1.73. The van der Waals surface area contributed by atoms with Gasteiger partial charge in [-0.25, -0.2) is 4.79 Å². The molecule has 1 rings (SSSR count). The van der Waals surface area contributed by atoms with Gasteiger partial charge in [0, 0.05) is 11.6 Å². The number of benzene rings is 1. The molecule has 19 heavy (non-hydrogen) atoms. The van der Waals surface area contributed by atoms with Gasteiger partial charge in [0.25, 0.3) is 0 Å². The van der Waals surface area contributed by atoms with E-state index in [2.05, 4.69) is 6.58 Å². The Morgan fingerprint density at radius 1 is 1.21 bits per heavy atom. The topological polar surface area (TPSA) is 44.8 Å². The summed E-state index contributed by atoms with van der Waals surface area (Å²) in [6.45, 7) is 12.0. The van der Waals surface area contributed by atoms with Crippen LogP contribution in [0.4, 0.5) is 0 Å². The summed E-state index contributed by atoms with van der Waals surface area (Å²) in [6.07, 6.45) is 1.13. The Bertz CT molecular complexity index is 478. The van der Waals surface area contributed by atoms with Gasteiger partial charge in [-0.2, -0.15) is 0 Å². The van der Waals surface area contributed by atoms with Crippen molar-refractivity contribution in [2.45, 2.75) is 27.7 Å². The Hall–Kier alpha value is -1.97. The van der Waals surface area contributed by atoms with E-state index in [9.17, 15) is 4.79 Å². The van der Waals surface area contributed by atoms with Crippen molar-refractivity contribution >= 4 is 5.97 Å². The van der Waals surface area contributed by atoms with Gasteiger partial charge in [0.15, 0.2) is 11.5 Å². The van der Waals surface area contributed by atoms with Gasteiger partial charge < -0.3 is 14.2 Å². The SMILES string of the molecule is C=CC(=O)Oc1cc(C)c(OCC)c(OCC)c1C. The van der Waals surface area contributed by atoms with Crippen LogP contribution in [0.5, 0.6) is 17.2 Å². The normalized spacial score (nSPS) is 9.89. The minimum atomic E-state index is -0.492. The zero-order valence-electron chi connectivity index (χ0n) is 11.9. The van der Waals surface area contributed by atoms with E-state index in [4.69, 9.17) is 14.2 Å². The number of rotatable bonds is 6. The fraction of sp³-hybridized carbons (Fsp3) is 0.400. The molecule has 0 aliphatic heterocycles. The van der Waals surface area contributed by atoms with Crippen LogP contribution in [0.25, 0.3) is 0 Å².